The third-order valence-corrected chi connectivity index (χ3v) is 16.0. The zero-order chi connectivity index (χ0) is 31.9. The van der Waals surface area contributed by atoms with Crippen molar-refractivity contribution in [3.05, 3.63) is 23.3 Å². The van der Waals surface area contributed by atoms with E-state index >= 15 is 0 Å². The molecule has 46 heavy (non-hydrogen) atoms. The molecule has 0 aromatic carbocycles. The Labute approximate surface area is 306 Å². The molecule has 1 amide bonds. The van der Waals surface area contributed by atoms with Crippen molar-refractivity contribution in [2.75, 3.05) is 0 Å². The molecular formula is C39H57ArNO5. The molecule has 0 radical (unpaired) electrons. The molecule has 6 saturated carbocycles. The van der Waals surface area contributed by atoms with Gasteiger partial charge in [-0.05, 0) is 154 Å². The molecular weight excluding hydrogens is 602 g/mol. The number of hydrogen-bond acceptors (Lipinski definition) is 5. The van der Waals surface area contributed by atoms with Gasteiger partial charge in [0.25, 0.3) is 0 Å². The number of hydrogen-bond donors (Lipinski definition) is 2. The van der Waals surface area contributed by atoms with E-state index in [-0.39, 0.29) is 71.6 Å². The van der Waals surface area contributed by atoms with E-state index < -0.39 is 6.09 Å². The maximum Gasteiger partial charge on any atom is 0.404 e. The molecule has 6 unspecified atom stereocenters. The molecule has 256 valence electrons. The minimum atomic E-state index is -0.629. The van der Waals surface area contributed by atoms with Crippen LogP contribution in [0, 0.1) is 94.9 Å². The number of aliphatic hydroxyl groups is 1. The van der Waals surface area contributed by atoms with Crippen molar-refractivity contribution in [2.45, 2.75) is 143 Å². The summed E-state index contributed by atoms with van der Waals surface area (Å²) in [7, 11) is 0. The average molecular weight is 660 g/mol. The Balaban J connectivity index is 0.000000159. The van der Waals surface area contributed by atoms with Crippen molar-refractivity contribution in [2.24, 2.45) is 62.9 Å². The first-order valence-electron chi connectivity index (χ1n) is 18.4. The quantitative estimate of drug-likeness (QED) is 0.298. The van der Waals surface area contributed by atoms with Crippen molar-refractivity contribution >= 4 is 17.7 Å². The molecule has 8 rings (SSSR count). The van der Waals surface area contributed by atoms with Gasteiger partial charge >= 0.3 is 6.09 Å². The summed E-state index contributed by atoms with van der Waals surface area (Å²) in [5, 5.41) is 10.4. The van der Waals surface area contributed by atoms with Crippen LogP contribution in [0.3, 0.4) is 0 Å². The SMILES string of the molecule is C[C@]12CCC(=O)C=C1CCC1C2CC[C@@]2(C)C1CC[C@@H]2O.C[C@]12CCC(=O)C=C1CCC1C2CC[C@@]2(C)C1CC[C@@H]2OC(N)=O.[Ar]. The summed E-state index contributed by atoms with van der Waals surface area (Å²) in [6, 6.07) is 0. The largest absolute Gasteiger partial charge is 0.446 e. The maximum atomic E-state index is 11.9. The van der Waals surface area contributed by atoms with Crippen LogP contribution < -0.4 is 5.73 Å². The smallest absolute Gasteiger partial charge is 0.404 e. The predicted molar refractivity (Wildman–Crippen MR) is 174 cm³/mol. The van der Waals surface area contributed by atoms with Crippen molar-refractivity contribution in [1.82, 2.24) is 0 Å². The summed E-state index contributed by atoms with van der Waals surface area (Å²) in [6.45, 7) is 9.48. The van der Waals surface area contributed by atoms with E-state index in [0.29, 0.717) is 41.7 Å². The number of nitrogens with two attached hydrogens (primary N) is 1. The molecule has 8 aliphatic rings. The van der Waals surface area contributed by atoms with Gasteiger partial charge in [-0.15, -0.1) is 0 Å². The topological polar surface area (TPSA) is 107 Å². The van der Waals surface area contributed by atoms with Gasteiger partial charge in [-0.3, -0.25) is 9.59 Å². The summed E-state index contributed by atoms with van der Waals surface area (Å²) >= 11 is 0. The van der Waals surface area contributed by atoms with E-state index in [9.17, 15) is 19.5 Å². The van der Waals surface area contributed by atoms with Gasteiger partial charge in [0.05, 0.1) is 6.10 Å². The molecule has 0 saturated heterocycles. The normalized spacial score (nSPS) is 48.7. The zero-order valence-electron chi connectivity index (χ0n) is 28.6. The summed E-state index contributed by atoms with van der Waals surface area (Å²) in [4.78, 5) is 34.9. The van der Waals surface area contributed by atoms with Gasteiger partial charge in [0.2, 0.25) is 0 Å². The molecule has 12 atom stereocenters. The predicted octanol–water partition coefficient (Wildman–Crippen LogP) is 7.86. The van der Waals surface area contributed by atoms with E-state index in [0.717, 1.165) is 69.6 Å². The fourth-order valence-corrected chi connectivity index (χ4v) is 13.4. The Morgan fingerprint density at radius 1 is 0.674 bits per heavy atom. The van der Waals surface area contributed by atoms with Crippen molar-refractivity contribution in [1.29, 1.82) is 0 Å². The monoisotopic (exact) mass is 659 g/mol. The first kappa shape index (κ1) is 35.1. The number of primary amides is 1. The van der Waals surface area contributed by atoms with E-state index in [1.54, 1.807) is 0 Å². The van der Waals surface area contributed by atoms with E-state index in [1.807, 2.05) is 12.2 Å². The summed E-state index contributed by atoms with van der Waals surface area (Å²) < 4.78 is 5.49. The second-order valence-electron chi connectivity index (χ2n) is 17.6. The first-order valence-corrected chi connectivity index (χ1v) is 18.4. The Morgan fingerprint density at radius 3 is 1.67 bits per heavy atom. The number of amides is 1. The van der Waals surface area contributed by atoms with Crippen LogP contribution in [0.25, 0.3) is 0 Å². The Morgan fingerprint density at radius 2 is 1.15 bits per heavy atom. The molecule has 0 heterocycles. The molecule has 0 aromatic heterocycles. The van der Waals surface area contributed by atoms with Gasteiger partial charge in [-0.2, -0.15) is 0 Å². The van der Waals surface area contributed by atoms with Crippen LogP contribution in [-0.4, -0.2) is 35.0 Å². The number of fused-ring (bicyclic) bond motifs is 10. The van der Waals surface area contributed by atoms with Crippen LogP contribution in [0.4, 0.5) is 4.79 Å². The number of ketones is 2. The molecule has 7 heteroatoms. The van der Waals surface area contributed by atoms with Crippen LogP contribution in [0.5, 0.6) is 0 Å². The minimum Gasteiger partial charge on any atom is -0.446 e. The average Bonchev–Trinajstić information content (AvgIpc) is 3.49. The molecule has 6 nitrogen and oxygen atoms in total. The van der Waals surface area contributed by atoms with Crippen LogP contribution in [0.2, 0.25) is 0 Å². The van der Waals surface area contributed by atoms with Gasteiger partial charge in [0.15, 0.2) is 11.6 Å². The maximum absolute atomic E-state index is 11.9. The van der Waals surface area contributed by atoms with Gasteiger partial charge in [-0.25, -0.2) is 4.79 Å². The summed E-state index contributed by atoms with van der Waals surface area (Å²) in [5.41, 5.74) is 8.89. The molecule has 0 aromatic rings. The molecule has 0 bridgehead atoms. The van der Waals surface area contributed by atoms with Crippen molar-refractivity contribution in [3.63, 3.8) is 0 Å². The first-order chi connectivity index (χ1) is 21.3. The van der Waals surface area contributed by atoms with Crippen molar-refractivity contribution in [3.8, 4) is 0 Å². The fourth-order valence-electron chi connectivity index (χ4n) is 13.4. The molecule has 0 spiro atoms. The number of ether oxygens (including phenoxy) is 1. The minimum absolute atomic E-state index is 0. The molecule has 0 aliphatic heterocycles. The zero-order valence-corrected chi connectivity index (χ0v) is 29.3. The van der Waals surface area contributed by atoms with Crippen LogP contribution in [0.15, 0.2) is 23.3 Å². The number of allylic oxidation sites excluding steroid dienone is 2. The second-order valence-corrected chi connectivity index (χ2v) is 17.6. The third-order valence-electron chi connectivity index (χ3n) is 16.0. The molecule has 8 aliphatic carbocycles. The second kappa shape index (κ2) is 12.6. The van der Waals surface area contributed by atoms with Crippen LogP contribution >= 0.6 is 0 Å². The van der Waals surface area contributed by atoms with Gasteiger partial charge in [0, 0.05) is 56.0 Å². The fraction of sp³-hybridized carbons (Fsp3) is 0.821. The Hall–Kier alpha value is -0.690. The Kier molecular flexibility index (Phi) is 9.61. The Bertz CT molecular complexity index is 1320. The van der Waals surface area contributed by atoms with Gasteiger partial charge in [-0.1, -0.05) is 38.8 Å². The van der Waals surface area contributed by atoms with Gasteiger partial charge in [0.1, 0.15) is 6.10 Å². The van der Waals surface area contributed by atoms with Crippen LogP contribution in [-0.2, 0) is 14.3 Å². The number of carbonyl (C=O) groups excluding carboxylic acids is 3. The van der Waals surface area contributed by atoms with E-state index in [2.05, 4.69) is 27.7 Å². The number of aliphatic hydroxyl groups excluding tert-OH is 1. The standard InChI is InChI=1S/C20H29NO3.C19H28O2.Ar/c1-19-9-7-13(22)11-12(19)3-4-14-15-5-6-17(24-18(21)23)20(15,2)10-8-16(14)19;1-18-9-7-13(20)11-12(18)3-4-14-15-5-6-17(21)19(15,2)10-8-16(14)18;/h11,14-17H,3-10H2,1-2H3,(H2,21,23);11,14-17,21H,3-10H2,1-2H3;/t14?,15?,16?,17-,19-,20-;14?,15?,16?,17-,18-,19-;/m00./s1. The molecule has 6 fully saturated rings. The number of carbonyl (C=O) groups is 3. The van der Waals surface area contributed by atoms with E-state index in [4.69, 9.17) is 10.5 Å². The van der Waals surface area contributed by atoms with Crippen molar-refractivity contribution < 1.29 is 62.0 Å². The number of rotatable bonds is 1. The summed E-state index contributed by atoms with van der Waals surface area (Å²) in [5.74, 6) is 4.89. The van der Waals surface area contributed by atoms with Crippen LogP contribution in [0.1, 0.15) is 130 Å². The molecule has 3 N–H and O–H groups in total. The van der Waals surface area contributed by atoms with Gasteiger partial charge < -0.3 is 15.6 Å². The van der Waals surface area contributed by atoms with E-state index in [1.165, 1.54) is 49.7 Å². The summed E-state index contributed by atoms with van der Waals surface area (Å²) in [6.07, 6.45) is 20.4. The third kappa shape index (κ3) is 5.45.